The summed E-state index contributed by atoms with van der Waals surface area (Å²) in [5, 5.41) is 6.77. The molecule has 0 heterocycles. The van der Waals surface area contributed by atoms with Crippen molar-refractivity contribution < 1.29 is 23.9 Å². The number of hydrazone groups is 1. The van der Waals surface area contributed by atoms with Gasteiger partial charge < -0.3 is 14.8 Å². The fourth-order valence-electron chi connectivity index (χ4n) is 2.81. The number of ether oxygens (including phenoxy) is 2. The monoisotopic (exact) mass is 493 g/mol. The predicted molar refractivity (Wildman–Crippen MR) is 133 cm³/mol. The molecule has 8 nitrogen and oxygen atoms in total. The number of nitrogens with one attached hydrogen (secondary N) is 2. The van der Waals surface area contributed by atoms with Gasteiger partial charge in [-0.2, -0.15) is 5.10 Å². The second-order valence-corrected chi connectivity index (χ2v) is 7.75. The van der Waals surface area contributed by atoms with Crippen molar-refractivity contribution in [3.8, 4) is 11.5 Å². The van der Waals surface area contributed by atoms with Gasteiger partial charge in [0, 0.05) is 10.6 Å². The molecule has 3 aromatic rings. The Morgan fingerprint density at radius 1 is 0.943 bits per heavy atom. The molecular weight excluding hydrogens is 470 g/mol. The summed E-state index contributed by atoms with van der Waals surface area (Å²) in [4.78, 5) is 36.2. The normalized spacial score (nSPS) is 10.6. The van der Waals surface area contributed by atoms with E-state index >= 15 is 0 Å². The van der Waals surface area contributed by atoms with E-state index in [2.05, 4.69) is 15.8 Å². The molecule has 2 N–H and O–H groups in total. The van der Waals surface area contributed by atoms with E-state index in [0.29, 0.717) is 39.8 Å². The second kappa shape index (κ2) is 12.9. The van der Waals surface area contributed by atoms with Crippen molar-refractivity contribution in [3.63, 3.8) is 0 Å². The first kappa shape index (κ1) is 25.5. The Balaban J connectivity index is 1.43. The highest BCUT2D eigenvalue weighted by Crippen LogP contribution is 2.16. The Labute approximate surface area is 207 Å². The Bertz CT molecular complexity index is 1190. The SMILES string of the molecule is CCCOc1ccc(C(=O)Oc2ccc(/C=N/NC(=O)CNC(=O)c3cccc(Cl)c3)cc2)cc1. The third-order valence-corrected chi connectivity index (χ3v) is 4.79. The number of hydrogen-bond acceptors (Lipinski definition) is 6. The third-order valence-electron chi connectivity index (χ3n) is 4.55. The summed E-state index contributed by atoms with van der Waals surface area (Å²) in [6.45, 7) is 2.39. The molecule has 0 aromatic heterocycles. The summed E-state index contributed by atoms with van der Waals surface area (Å²) in [7, 11) is 0. The van der Waals surface area contributed by atoms with Crippen LogP contribution >= 0.6 is 11.6 Å². The molecule has 0 spiro atoms. The van der Waals surface area contributed by atoms with Gasteiger partial charge in [0.1, 0.15) is 11.5 Å². The van der Waals surface area contributed by atoms with E-state index in [1.807, 2.05) is 6.92 Å². The summed E-state index contributed by atoms with van der Waals surface area (Å²) in [5.41, 5.74) is 3.76. The number of amides is 2. The van der Waals surface area contributed by atoms with Crippen LogP contribution in [0.4, 0.5) is 0 Å². The summed E-state index contributed by atoms with van der Waals surface area (Å²) >= 11 is 5.85. The van der Waals surface area contributed by atoms with Gasteiger partial charge in [-0.1, -0.05) is 24.6 Å². The Hall–Kier alpha value is -4.17. The van der Waals surface area contributed by atoms with Gasteiger partial charge in [0.15, 0.2) is 0 Å². The van der Waals surface area contributed by atoms with Gasteiger partial charge in [0.2, 0.25) is 0 Å². The van der Waals surface area contributed by atoms with Crippen LogP contribution in [-0.2, 0) is 4.79 Å². The van der Waals surface area contributed by atoms with Gasteiger partial charge in [-0.05, 0) is 78.7 Å². The van der Waals surface area contributed by atoms with Crippen LogP contribution in [0.15, 0.2) is 77.9 Å². The minimum Gasteiger partial charge on any atom is -0.494 e. The molecule has 0 radical (unpaired) electrons. The van der Waals surface area contributed by atoms with E-state index in [-0.39, 0.29) is 6.54 Å². The van der Waals surface area contributed by atoms with Crippen LogP contribution in [0.1, 0.15) is 39.6 Å². The highest BCUT2D eigenvalue weighted by molar-refractivity contribution is 6.31. The topological polar surface area (TPSA) is 106 Å². The van der Waals surface area contributed by atoms with Crippen LogP contribution in [0.5, 0.6) is 11.5 Å². The van der Waals surface area contributed by atoms with E-state index in [0.717, 1.165) is 6.42 Å². The van der Waals surface area contributed by atoms with Crippen molar-refractivity contribution in [1.82, 2.24) is 10.7 Å². The van der Waals surface area contributed by atoms with Crippen LogP contribution in [0.3, 0.4) is 0 Å². The first-order valence-corrected chi connectivity index (χ1v) is 11.2. The van der Waals surface area contributed by atoms with Crippen molar-refractivity contribution in [3.05, 3.63) is 94.5 Å². The molecule has 9 heteroatoms. The number of carbonyl (C=O) groups is 3. The second-order valence-electron chi connectivity index (χ2n) is 7.32. The zero-order chi connectivity index (χ0) is 25.0. The highest BCUT2D eigenvalue weighted by atomic mass is 35.5. The number of rotatable bonds is 10. The van der Waals surface area contributed by atoms with E-state index in [4.69, 9.17) is 21.1 Å². The smallest absolute Gasteiger partial charge is 0.343 e. The first-order chi connectivity index (χ1) is 16.9. The number of esters is 1. The predicted octanol–water partition coefficient (Wildman–Crippen LogP) is 4.23. The van der Waals surface area contributed by atoms with Crippen LogP contribution < -0.4 is 20.2 Å². The van der Waals surface area contributed by atoms with Crippen LogP contribution in [0.2, 0.25) is 5.02 Å². The Kier molecular flexibility index (Phi) is 9.39. The van der Waals surface area contributed by atoms with Crippen LogP contribution in [0.25, 0.3) is 0 Å². The van der Waals surface area contributed by atoms with Gasteiger partial charge >= 0.3 is 5.97 Å². The van der Waals surface area contributed by atoms with Gasteiger partial charge in [0.05, 0.1) is 24.9 Å². The number of nitrogens with zero attached hydrogens (tertiary/aromatic N) is 1. The maximum absolute atomic E-state index is 12.3. The lowest BCUT2D eigenvalue weighted by atomic mass is 10.2. The zero-order valence-electron chi connectivity index (χ0n) is 19.0. The van der Waals surface area contributed by atoms with Crippen molar-refractivity contribution in [2.45, 2.75) is 13.3 Å². The third kappa shape index (κ3) is 8.28. The number of carbonyl (C=O) groups excluding carboxylic acids is 3. The van der Waals surface area contributed by atoms with Gasteiger partial charge in [-0.3, -0.25) is 9.59 Å². The van der Waals surface area contributed by atoms with Gasteiger partial charge in [-0.15, -0.1) is 0 Å². The molecule has 35 heavy (non-hydrogen) atoms. The molecular formula is C26H24ClN3O5. The number of hydrogen-bond donors (Lipinski definition) is 2. The molecule has 180 valence electrons. The average Bonchev–Trinajstić information content (AvgIpc) is 2.87. The lowest BCUT2D eigenvalue weighted by Crippen LogP contribution is -2.34. The van der Waals surface area contributed by atoms with Gasteiger partial charge in [-0.25, -0.2) is 10.2 Å². The first-order valence-electron chi connectivity index (χ1n) is 10.9. The Morgan fingerprint density at radius 2 is 1.66 bits per heavy atom. The quantitative estimate of drug-likeness (QED) is 0.190. The summed E-state index contributed by atoms with van der Waals surface area (Å²) in [5.74, 6) is -0.333. The summed E-state index contributed by atoms with van der Waals surface area (Å²) < 4.78 is 10.9. The highest BCUT2D eigenvalue weighted by Gasteiger charge is 2.09. The van der Waals surface area contributed by atoms with E-state index < -0.39 is 17.8 Å². The van der Waals surface area contributed by atoms with E-state index in [1.54, 1.807) is 66.7 Å². The molecule has 0 saturated heterocycles. The standard InChI is InChI=1S/C26H24ClN3O5/c1-2-14-34-22-12-8-19(9-13-22)26(33)35-23-10-6-18(7-11-23)16-29-30-24(31)17-28-25(32)20-4-3-5-21(27)15-20/h3-13,15-16H,2,14,17H2,1H3,(H,28,32)(H,30,31)/b29-16+. The minimum absolute atomic E-state index is 0.247. The number of benzene rings is 3. The molecule has 0 saturated carbocycles. The molecule has 0 unspecified atom stereocenters. The molecule has 0 atom stereocenters. The van der Waals surface area contributed by atoms with E-state index in [1.165, 1.54) is 12.3 Å². The minimum atomic E-state index is -0.492. The summed E-state index contributed by atoms with van der Waals surface area (Å²) in [6, 6.07) is 19.7. The summed E-state index contributed by atoms with van der Waals surface area (Å²) in [6.07, 6.45) is 2.33. The maximum atomic E-state index is 12.3. The average molecular weight is 494 g/mol. The molecule has 0 fully saturated rings. The maximum Gasteiger partial charge on any atom is 0.343 e. The Morgan fingerprint density at radius 3 is 2.34 bits per heavy atom. The van der Waals surface area contributed by atoms with Crippen molar-refractivity contribution >= 4 is 35.6 Å². The molecule has 3 rings (SSSR count). The van der Waals surface area contributed by atoms with Crippen LogP contribution in [-0.4, -0.2) is 37.1 Å². The molecule has 0 aliphatic rings. The lowest BCUT2D eigenvalue weighted by Gasteiger charge is -2.07. The molecule has 0 aliphatic carbocycles. The van der Waals surface area contributed by atoms with Gasteiger partial charge in [0.25, 0.3) is 11.8 Å². The van der Waals surface area contributed by atoms with E-state index in [9.17, 15) is 14.4 Å². The fourth-order valence-corrected chi connectivity index (χ4v) is 3.00. The lowest BCUT2D eigenvalue weighted by molar-refractivity contribution is -0.120. The number of halogens is 1. The molecule has 2 amide bonds. The van der Waals surface area contributed by atoms with Crippen LogP contribution in [0, 0.1) is 0 Å². The largest absolute Gasteiger partial charge is 0.494 e. The molecule has 3 aromatic carbocycles. The zero-order valence-corrected chi connectivity index (χ0v) is 19.7. The van der Waals surface area contributed by atoms with Crippen molar-refractivity contribution in [1.29, 1.82) is 0 Å². The van der Waals surface area contributed by atoms with Crippen molar-refractivity contribution in [2.24, 2.45) is 5.10 Å². The molecule has 0 bridgehead atoms. The fraction of sp³-hybridized carbons (Fsp3) is 0.154. The molecule has 0 aliphatic heterocycles. The van der Waals surface area contributed by atoms with Crippen molar-refractivity contribution in [2.75, 3.05) is 13.2 Å².